The molecule has 2 aromatic carbocycles. The van der Waals surface area contributed by atoms with Gasteiger partial charge in [0.2, 0.25) is 0 Å². The molecule has 1 N–H and O–H groups in total. The molecular formula is C33H39N3O4. The van der Waals surface area contributed by atoms with Gasteiger partial charge in [0, 0.05) is 41.8 Å². The van der Waals surface area contributed by atoms with Crippen LogP contribution in [-0.2, 0) is 6.54 Å². The average molecular weight is 542 g/mol. The number of methoxy groups -OCH3 is 1. The van der Waals surface area contributed by atoms with Gasteiger partial charge in [0.05, 0.1) is 25.5 Å². The molecule has 1 aliphatic carbocycles. The Kier molecular flexibility index (Phi) is 8.70. The monoisotopic (exact) mass is 541 g/mol. The molecule has 3 atom stereocenters. The lowest BCUT2D eigenvalue weighted by Crippen LogP contribution is -2.44. The van der Waals surface area contributed by atoms with Crippen LogP contribution in [0.5, 0.6) is 5.75 Å². The van der Waals surface area contributed by atoms with Gasteiger partial charge in [-0.2, -0.15) is 0 Å². The van der Waals surface area contributed by atoms with Gasteiger partial charge in [-0.05, 0) is 67.1 Å². The number of aromatic nitrogens is 1. The summed E-state index contributed by atoms with van der Waals surface area (Å²) in [5.41, 5.74) is 0.991. The number of hydrogen-bond donors (Lipinski definition) is 1. The predicted molar refractivity (Wildman–Crippen MR) is 158 cm³/mol. The quantitative estimate of drug-likeness (QED) is 0.248. The zero-order chi connectivity index (χ0) is 28.1. The number of nitrogens with zero attached hydrogens (tertiary/aromatic N) is 2. The van der Waals surface area contributed by atoms with Gasteiger partial charge in [0.15, 0.2) is 0 Å². The van der Waals surface area contributed by atoms with E-state index >= 15 is 0 Å². The molecular weight excluding hydrogens is 502 g/mol. The van der Waals surface area contributed by atoms with Crippen LogP contribution in [0.4, 0.5) is 0 Å². The number of rotatable bonds is 10. The average Bonchev–Trinajstić information content (AvgIpc) is 3.50. The van der Waals surface area contributed by atoms with E-state index in [4.69, 9.17) is 9.15 Å². The number of fused-ring (bicyclic) bond motifs is 1. The van der Waals surface area contributed by atoms with Crippen molar-refractivity contribution in [2.75, 3.05) is 20.2 Å². The zero-order valence-corrected chi connectivity index (χ0v) is 23.6. The second-order valence-corrected chi connectivity index (χ2v) is 11.0. The summed E-state index contributed by atoms with van der Waals surface area (Å²) in [5, 5.41) is 4.28. The lowest BCUT2D eigenvalue weighted by molar-refractivity contribution is 0.0680. The fourth-order valence-electron chi connectivity index (χ4n) is 6.02. The molecule has 0 bridgehead atoms. The number of carbonyl (C=O) groups excluding carboxylic acids is 1. The Labute approximate surface area is 235 Å². The van der Waals surface area contributed by atoms with Crippen LogP contribution in [0.2, 0.25) is 0 Å². The number of hydrogen-bond acceptors (Lipinski definition) is 5. The number of nitrogens with one attached hydrogen (secondary N) is 1. The van der Waals surface area contributed by atoms with Crippen molar-refractivity contribution in [3.05, 3.63) is 94.8 Å². The maximum atomic E-state index is 13.5. The molecule has 2 heterocycles. The highest BCUT2D eigenvalue weighted by Crippen LogP contribution is 2.33. The van der Waals surface area contributed by atoms with Crippen LogP contribution in [0.1, 0.15) is 55.6 Å². The van der Waals surface area contributed by atoms with Crippen molar-refractivity contribution >= 4 is 16.7 Å². The Morgan fingerprint density at radius 2 is 1.82 bits per heavy atom. The summed E-state index contributed by atoms with van der Waals surface area (Å²) in [7, 11) is 1.60. The van der Waals surface area contributed by atoms with E-state index in [1.165, 1.54) is 23.8 Å². The second-order valence-electron chi connectivity index (χ2n) is 11.0. The van der Waals surface area contributed by atoms with Crippen molar-refractivity contribution in [2.24, 2.45) is 11.8 Å². The molecule has 1 aliphatic rings. The van der Waals surface area contributed by atoms with E-state index < -0.39 is 0 Å². The van der Waals surface area contributed by atoms with E-state index in [0.717, 1.165) is 25.3 Å². The third-order valence-corrected chi connectivity index (χ3v) is 8.50. The number of carbonyl (C=O) groups is 1. The molecule has 2 aromatic heterocycles. The largest absolute Gasteiger partial charge is 0.497 e. The Morgan fingerprint density at radius 3 is 2.55 bits per heavy atom. The van der Waals surface area contributed by atoms with Gasteiger partial charge >= 0.3 is 0 Å². The van der Waals surface area contributed by atoms with Crippen molar-refractivity contribution in [2.45, 2.75) is 52.1 Å². The first-order chi connectivity index (χ1) is 19.5. The molecule has 1 saturated carbocycles. The van der Waals surface area contributed by atoms with E-state index in [0.29, 0.717) is 52.2 Å². The Hall–Kier alpha value is -3.84. The van der Waals surface area contributed by atoms with Gasteiger partial charge in [-0.3, -0.25) is 19.1 Å². The van der Waals surface area contributed by atoms with Gasteiger partial charge in [0.1, 0.15) is 11.5 Å². The summed E-state index contributed by atoms with van der Waals surface area (Å²) in [6.45, 7) is 6.92. The van der Waals surface area contributed by atoms with Crippen LogP contribution >= 0.6 is 0 Å². The van der Waals surface area contributed by atoms with Crippen molar-refractivity contribution in [3.8, 4) is 11.4 Å². The molecule has 1 amide bonds. The summed E-state index contributed by atoms with van der Waals surface area (Å²) in [4.78, 5) is 29.3. The van der Waals surface area contributed by atoms with Crippen LogP contribution in [0.25, 0.3) is 16.5 Å². The number of benzene rings is 2. The number of amides is 1. The van der Waals surface area contributed by atoms with Crippen molar-refractivity contribution in [3.63, 3.8) is 0 Å². The molecule has 1 fully saturated rings. The summed E-state index contributed by atoms with van der Waals surface area (Å²) < 4.78 is 12.5. The highest BCUT2D eigenvalue weighted by atomic mass is 16.5. The molecule has 0 radical (unpaired) electrons. The number of ether oxygens (including phenoxy) is 1. The topological polar surface area (TPSA) is 76.7 Å². The second kappa shape index (κ2) is 12.6. The fraction of sp³-hybridized carbons (Fsp3) is 0.394. The van der Waals surface area contributed by atoms with Gasteiger partial charge < -0.3 is 14.5 Å². The first kappa shape index (κ1) is 27.7. The van der Waals surface area contributed by atoms with Crippen molar-refractivity contribution in [1.29, 1.82) is 0 Å². The molecule has 7 nitrogen and oxygen atoms in total. The van der Waals surface area contributed by atoms with E-state index in [9.17, 15) is 9.59 Å². The van der Waals surface area contributed by atoms with E-state index in [2.05, 4.69) is 24.1 Å². The molecule has 40 heavy (non-hydrogen) atoms. The molecule has 0 saturated heterocycles. The highest BCUT2D eigenvalue weighted by Gasteiger charge is 2.31. The van der Waals surface area contributed by atoms with Crippen molar-refractivity contribution < 1.29 is 13.9 Å². The van der Waals surface area contributed by atoms with Gasteiger partial charge in [-0.15, -0.1) is 0 Å². The fourth-order valence-corrected chi connectivity index (χ4v) is 6.02. The van der Waals surface area contributed by atoms with Crippen LogP contribution in [-0.4, -0.2) is 41.6 Å². The predicted octanol–water partition coefficient (Wildman–Crippen LogP) is 6.04. The van der Waals surface area contributed by atoms with E-state index in [1.54, 1.807) is 37.8 Å². The third-order valence-electron chi connectivity index (χ3n) is 8.50. The smallest absolute Gasteiger partial charge is 0.262 e. The molecule has 5 rings (SSSR count). The normalized spacial score (nSPS) is 19.1. The minimum Gasteiger partial charge on any atom is -0.497 e. The molecule has 0 aliphatic heterocycles. The summed E-state index contributed by atoms with van der Waals surface area (Å²) in [5.74, 6) is 2.81. The number of pyridine rings is 1. The van der Waals surface area contributed by atoms with Crippen LogP contribution in [0.3, 0.4) is 0 Å². The minimum absolute atomic E-state index is 0.165. The van der Waals surface area contributed by atoms with Gasteiger partial charge in [-0.1, -0.05) is 44.9 Å². The van der Waals surface area contributed by atoms with Gasteiger partial charge in [-0.25, -0.2) is 0 Å². The Bertz CT molecular complexity index is 1480. The highest BCUT2D eigenvalue weighted by molar-refractivity contribution is 6.06. The molecule has 210 valence electrons. The summed E-state index contributed by atoms with van der Waals surface area (Å²) in [6, 6.07) is 19.0. The molecule has 4 aromatic rings. The molecule has 0 unspecified atom stereocenters. The molecule has 0 spiro atoms. The maximum Gasteiger partial charge on any atom is 0.262 e. The van der Waals surface area contributed by atoms with Crippen molar-refractivity contribution in [1.82, 2.24) is 14.8 Å². The van der Waals surface area contributed by atoms with E-state index in [1.807, 2.05) is 42.5 Å². The summed E-state index contributed by atoms with van der Waals surface area (Å²) in [6.07, 6.45) is 7.93. The van der Waals surface area contributed by atoms with Crippen LogP contribution < -0.4 is 15.6 Å². The SMILES string of the molecule is COc1ccc(-n2cc(C(=O)NCCCN(Cc3ccco3)[C@@H]3CCC[C@H](C)[C@@H]3C)c3ccccc3c2=O)cc1. The minimum atomic E-state index is -0.185. The van der Waals surface area contributed by atoms with Crippen LogP contribution in [0.15, 0.2) is 82.3 Å². The number of furan rings is 1. The molecule has 7 heteroatoms. The standard InChI is InChI=1S/C33H39N3O4/c1-23-9-6-13-31(24(23)2)35(21-27-10-7-20-40-27)19-8-18-34-32(37)30-22-36(25-14-16-26(39-3)17-15-25)33(38)29-12-5-4-11-28(29)30/h4-5,7,10-12,14-17,20,22-24,31H,6,8-9,13,18-19,21H2,1-3H3,(H,34,37)/t23-,24-,31+/m0/s1. The third kappa shape index (κ3) is 5.99. The Morgan fingerprint density at radius 1 is 1.05 bits per heavy atom. The first-order valence-corrected chi connectivity index (χ1v) is 14.3. The first-order valence-electron chi connectivity index (χ1n) is 14.3. The Balaban J connectivity index is 1.31. The summed E-state index contributed by atoms with van der Waals surface area (Å²) >= 11 is 0. The zero-order valence-electron chi connectivity index (χ0n) is 23.6. The lowest BCUT2D eigenvalue weighted by atomic mass is 9.77. The maximum absolute atomic E-state index is 13.5. The van der Waals surface area contributed by atoms with E-state index in [-0.39, 0.29) is 11.5 Å². The lowest BCUT2D eigenvalue weighted by Gasteiger charge is -2.41. The van der Waals surface area contributed by atoms with Gasteiger partial charge in [0.25, 0.3) is 11.5 Å². The van der Waals surface area contributed by atoms with Crippen LogP contribution in [0, 0.1) is 11.8 Å².